The minimum Gasteiger partial charge on any atom is -0.354 e. The minimum absolute atomic E-state index is 0.0637. The van der Waals surface area contributed by atoms with Gasteiger partial charge in [-0.25, -0.2) is 0 Å². The number of rotatable bonds is 6. The fourth-order valence-corrected chi connectivity index (χ4v) is 1.17. The Balaban J connectivity index is 2.57. The molecule has 0 aromatic heterocycles. The van der Waals surface area contributed by atoms with Crippen molar-refractivity contribution in [3.8, 4) is 0 Å². The molecule has 0 heterocycles. The third-order valence-electron chi connectivity index (χ3n) is 2.12. The van der Waals surface area contributed by atoms with Crippen LogP contribution in [-0.4, -0.2) is 38.2 Å². The van der Waals surface area contributed by atoms with Gasteiger partial charge in [-0.15, -0.1) is 0 Å². The molecule has 0 amide bonds. The molecule has 0 saturated heterocycles. The Bertz CT molecular complexity index is 385. The molecule has 0 atom stereocenters. The fraction of sp³-hybridized carbons (Fsp3) is 0.364. The maximum Gasteiger partial charge on any atom is 0.269 e. The first kappa shape index (κ1) is 13.3. The summed E-state index contributed by atoms with van der Waals surface area (Å²) >= 11 is 0. The van der Waals surface area contributed by atoms with Gasteiger partial charge >= 0.3 is 0 Å². The molecule has 1 aromatic carbocycles. The molecule has 0 bridgehead atoms. The molecule has 17 heavy (non-hydrogen) atoms. The van der Waals surface area contributed by atoms with E-state index in [2.05, 4.69) is 4.99 Å². The van der Waals surface area contributed by atoms with Crippen LogP contribution in [0.1, 0.15) is 5.56 Å². The third kappa shape index (κ3) is 4.29. The molecular weight excluding hydrogens is 224 g/mol. The molecule has 0 N–H and O–H groups in total. The zero-order valence-electron chi connectivity index (χ0n) is 9.70. The van der Waals surface area contributed by atoms with Crippen molar-refractivity contribution in [2.45, 2.75) is 6.29 Å². The van der Waals surface area contributed by atoms with Crippen molar-refractivity contribution in [2.24, 2.45) is 4.99 Å². The van der Waals surface area contributed by atoms with Gasteiger partial charge in [0.25, 0.3) is 5.69 Å². The Morgan fingerprint density at radius 1 is 1.35 bits per heavy atom. The summed E-state index contributed by atoms with van der Waals surface area (Å²) in [5, 5.41) is 10.4. The van der Waals surface area contributed by atoms with E-state index in [9.17, 15) is 10.1 Å². The Morgan fingerprint density at radius 3 is 2.41 bits per heavy atom. The highest BCUT2D eigenvalue weighted by Gasteiger charge is 2.03. The normalized spacial score (nSPS) is 11.2. The number of methoxy groups -OCH3 is 2. The van der Waals surface area contributed by atoms with E-state index in [1.165, 1.54) is 26.4 Å². The van der Waals surface area contributed by atoms with Crippen molar-refractivity contribution < 1.29 is 14.4 Å². The summed E-state index contributed by atoms with van der Waals surface area (Å²) in [5.41, 5.74) is 0.857. The van der Waals surface area contributed by atoms with Gasteiger partial charge < -0.3 is 9.47 Å². The quantitative estimate of drug-likeness (QED) is 0.327. The molecule has 0 aliphatic heterocycles. The van der Waals surface area contributed by atoms with E-state index in [1.54, 1.807) is 18.3 Å². The number of non-ortho nitro benzene ring substituents is 1. The number of hydrogen-bond donors (Lipinski definition) is 0. The van der Waals surface area contributed by atoms with Crippen LogP contribution in [0.4, 0.5) is 5.69 Å². The molecule has 0 aliphatic carbocycles. The topological polar surface area (TPSA) is 74.0 Å². The van der Waals surface area contributed by atoms with Crippen molar-refractivity contribution in [2.75, 3.05) is 20.8 Å². The second-order valence-corrected chi connectivity index (χ2v) is 3.24. The molecule has 0 aliphatic rings. The largest absolute Gasteiger partial charge is 0.354 e. The van der Waals surface area contributed by atoms with Crippen LogP contribution in [0.5, 0.6) is 0 Å². The summed E-state index contributed by atoms with van der Waals surface area (Å²) in [4.78, 5) is 14.1. The SMILES string of the molecule is COC(CN=Cc1ccc([N+](=O)[O-])cc1)OC. The predicted molar refractivity (Wildman–Crippen MR) is 63.4 cm³/mol. The van der Waals surface area contributed by atoms with Crippen LogP contribution in [0.3, 0.4) is 0 Å². The van der Waals surface area contributed by atoms with Gasteiger partial charge in [0.1, 0.15) is 0 Å². The number of aliphatic imine (C=N–C) groups is 1. The molecule has 92 valence electrons. The van der Waals surface area contributed by atoms with Crippen LogP contribution in [0.15, 0.2) is 29.3 Å². The summed E-state index contributed by atoms with van der Waals surface area (Å²) in [6, 6.07) is 6.14. The monoisotopic (exact) mass is 238 g/mol. The number of benzene rings is 1. The molecule has 6 nitrogen and oxygen atoms in total. The summed E-state index contributed by atoms with van der Waals surface area (Å²) in [5.74, 6) is 0. The lowest BCUT2D eigenvalue weighted by Gasteiger charge is -2.09. The van der Waals surface area contributed by atoms with Crippen LogP contribution in [0, 0.1) is 10.1 Å². The van der Waals surface area contributed by atoms with Gasteiger partial charge in [-0.05, 0) is 17.7 Å². The van der Waals surface area contributed by atoms with E-state index in [1.807, 2.05) is 0 Å². The Labute approximate surface area is 99.0 Å². The minimum atomic E-state index is -0.438. The first-order valence-electron chi connectivity index (χ1n) is 4.97. The van der Waals surface area contributed by atoms with Crippen molar-refractivity contribution in [1.82, 2.24) is 0 Å². The Kier molecular flexibility index (Phi) is 5.25. The lowest BCUT2D eigenvalue weighted by Crippen LogP contribution is -2.16. The van der Waals surface area contributed by atoms with Crippen molar-refractivity contribution in [3.63, 3.8) is 0 Å². The van der Waals surface area contributed by atoms with Crippen LogP contribution in [0.25, 0.3) is 0 Å². The molecule has 0 unspecified atom stereocenters. The lowest BCUT2D eigenvalue weighted by molar-refractivity contribution is -0.384. The van der Waals surface area contributed by atoms with E-state index < -0.39 is 4.92 Å². The first-order valence-corrected chi connectivity index (χ1v) is 4.97. The van der Waals surface area contributed by atoms with E-state index >= 15 is 0 Å². The van der Waals surface area contributed by atoms with Crippen LogP contribution >= 0.6 is 0 Å². The Morgan fingerprint density at radius 2 is 1.94 bits per heavy atom. The maximum absolute atomic E-state index is 10.4. The van der Waals surface area contributed by atoms with Gasteiger partial charge in [-0.1, -0.05) is 0 Å². The predicted octanol–water partition coefficient (Wildman–Crippen LogP) is 1.63. The Hall–Kier alpha value is -1.79. The van der Waals surface area contributed by atoms with Gasteiger partial charge in [0.2, 0.25) is 0 Å². The van der Waals surface area contributed by atoms with Crippen LogP contribution < -0.4 is 0 Å². The number of ether oxygens (including phenoxy) is 2. The zero-order valence-corrected chi connectivity index (χ0v) is 9.70. The van der Waals surface area contributed by atoms with Gasteiger partial charge in [-0.2, -0.15) is 0 Å². The number of nitrogens with zero attached hydrogens (tertiary/aromatic N) is 2. The summed E-state index contributed by atoms with van der Waals surface area (Å²) in [6.45, 7) is 0.379. The molecular formula is C11H14N2O4. The van der Waals surface area contributed by atoms with Crippen molar-refractivity contribution >= 4 is 11.9 Å². The second-order valence-electron chi connectivity index (χ2n) is 3.24. The number of hydrogen-bond acceptors (Lipinski definition) is 5. The highest BCUT2D eigenvalue weighted by molar-refractivity contribution is 5.79. The highest BCUT2D eigenvalue weighted by Crippen LogP contribution is 2.10. The maximum atomic E-state index is 10.4. The lowest BCUT2D eigenvalue weighted by atomic mass is 10.2. The molecule has 0 fully saturated rings. The fourth-order valence-electron chi connectivity index (χ4n) is 1.17. The second kappa shape index (κ2) is 6.72. The smallest absolute Gasteiger partial charge is 0.269 e. The molecule has 0 radical (unpaired) electrons. The summed E-state index contributed by atoms with van der Waals surface area (Å²) < 4.78 is 9.93. The number of nitro groups is 1. The summed E-state index contributed by atoms with van der Waals surface area (Å²) in [6.07, 6.45) is 1.25. The van der Waals surface area contributed by atoms with Gasteiger partial charge in [0.05, 0.1) is 11.5 Å². The van der Waals surface area contributed by atoms with E-state index in [4.69, 9.17) is 9.47 Å². The molecule has 6 heteroatoms. The number of nitro benzene ring substituents is 1. The molecule has 1 aromatic rings. The molecule has 1 rings (SSSR count). The van der Waals surface area contributed by atoms with Gasteiger partial charge in [0, 0.05) is 32.6 Å². The molecule has 0 saturated carbocycles. The van der Waals surface area contributed by atoms with Crippen LogP contribution in [-0.2, 0) is 9.47 Å². The van der Waals surface area contributed by atoms with Gasteiger partial charge in [0.15, 0.2) is 6.29 Å². The average molecular weight is 238 g/mol. The standard InChI is InChI=1S/C11H14N2O4/c1-16-11(17-2)8-12-7-9-3-5-10(6-4-9)13(14)15/h3-7,11H,8H2,1-2H3. The zero-order chi connectivity index (χ0) is 12.7. The average Bonchev–Trinajstić information content (AvgIpc) is 2.35. The first-order chi connectivity index (χ1) is 8.17. The summed E-state index contributed by atoms with van der Waals surface area (Å²) in [7, 11) is 3.07. The van der Waals surface area contributed by atoms with Crippen molar-refractivity contribution in [1.29, 1.82) is 0 Å². The third-order valence-corrected chi connectivity index (χ3v) is 2.12. The van der Waals surface area contributed by atoms with E-state index in [0.29, 0.717) is 6.54 Å². The highest BCUT2D eigenvalue weighted by atomic mass is 16.7. The van der Waals surface area contributed by atoms with E-state index in [0.717, 1.165) is 5.56 Å². The molecule has 0 spiro atoms. The van der Waals surface area contributed by atoms with Gasteiger partial charge in [-0.3, -0.25) is 15.1 Å². The van der Waals surface area contributed by atoms with E-state index in [-0.39, 0.29) is 12.0 Å². The van der Waals surface area contributed by atoms with Crippen LogP contribution in [0.2, 0.25) is 0 Å². The van der Waals surface area contributed by atoms with Crippen molar-refractivity contribution in [3.05, 3.63) is 39.9 Å².